The smallest absolute Gasteiger partial charge is 0.319 e. The maximum atomic E-state index is 12.1. The molecule has 2 amide bonds. The Kier molecular flexibility index (Phi) is 6.22. The van der Waals surface area contributed by atoms with E-state index in [4.69, 9.17) is 4.74 Å². The lowest BCUT2D eigenvalue weighted by Crippen LogP contribution is -2.29. The number of carbonyl (C=O) groups excluding carboxylic acids is 1. The van der Waals surface area contributed by atoms with Gasteiger partial charge in [0.05, 0.1) is 19.3 Å². The largest absolute Gasteiger partial charge is 0.374 e. The first-order chi connectivity index (χ1) is 12.6. The normalized spacial score (nSPS) is 19.9. The molecule has 0 unspecified atom stereocenters. The lowest BCUT2D eigenvalue weighted by molar-refractivity contribution is 0.00468. The minimum absolute atomic E-state index is 0.271. The van der Waals surface area contributed by atoms with Crippen LogP contribution in [0, 0.1) is 5.92 Å². The summed E-state index contributed by atoms with van der Waals surface area (Å²) < 4.78 is 7.83. The summed E-state index contributed by atoms with van der Waals surface area (Å²) in [6.45, 7) is 3.19. The minimum atomic E-state index is -0.271. The Balaban J connectivity index is 1.47. The van der Waals surface area contributed by atoms with Gasteiger partial charge in [-0.2, -0.15) is 0 Å². The Labute approximate surface area is 154 Å². The van der Waals surface area contributed by atoms with E-state index in [1.165, 1.54) is 12.8 Å². The third-order valence-corrected chi connectivity index (χ3v) is 4.77. The number of benzene rings is 1. The number of aromatic nitrogens is 3. The summed E-state index contributed by atoms with van der Waals surface area (Å²) in [5.41, 5.74) is 1.81. The van der Waals surface area contributed by atoms with Crippen molar-refractivity contribution in [2.75, 3.05) is 5.32 Å². The van der Waals surface area contributed by atoms with E-state index < -0.39 is 0 Å². The fourth-order valence-electron chi connectivity index (χ4n) is 3.28. The third-order valence-electron chi connectivity index (χ3n) is 4.77. The van der Waals surface area contributed by atoms with Gasteiger partial charge in [-0.05, 0) is 36.5 Å². The van der Waals surface area contributed by atoms with Gasteiger partial charge >= 0.3 is 6.03 Å². The average molecular weight is 357 g/mol. The van der Waals surface area contributed by atoms with Gasteiger partial charge in [-0.1, -0.05) is 31.9 Å². The summed E-state index contributed by atoms with van der Waals surface area (Å²) in [4.78, 5) is 12.1. The van der Waals surface area contributed by atoms with Crippen LogP contribution in [0.25, 0.3) is 0 Å². The molecule has 1 aromatic carbocycles. The van der Waals surface area contributed by atoms with Gasteiger partial charge in [0.15, 0.2) is 5.82 Å². The number of anilines is 1. The molecule has 2 aromatic rings. The van der Waals surface area contributed by atoms with Crippen molar-refractivity contribution in [3.8, 4) is 0 Å². The molecule has 0 radical (unpaired) electrons. The topological polar surface area (TPSA) is 81.1 Å². The van der Waals surface area contributed by atoms with Gasteiger partial charge in [-0.3, -0.25) is 0 Å². The molecule has 140 valence electrons. The fraction of sp³-hybridized carbons (Fsp3) is 0.526. The van der Waals surface area contributed by atoms with Crippen molar-refractivity contribution in [3.05, 3.63) is 42.0 Å². The van der Waals surface area contributed by atoms with Crippen LogP contribution in [-0.4, -0.2) is 26.9 Å². The van der Waals surface area contributed by atoms with E-state index in [2.05, 4.69) is 27.8 Å². The molecule has 2 atom stereocenters. The van der Waals surface area contributed by atoms with Crippen molar-refractivity contribution in [3.63, 3.8) is 0 Å². The molecule has 7 heteroatoms. The highest BCUT2D eigenvalue weighted by Crippen LogP contribution is 2.26. The van der Waals surface area contributed by atoms with Crippen LogP contribution in [0.5, 0.6) is 0 Å². The van der Waals surface area contributed by atoms with Crippen molar-refractivity contribution in [2.24, 2.45) is 13.0 Å². The lowest BCUT2D eigenvalue weighted by Gasteiger charge is -2.26. The molecule has 1 aliphatic rings. The molecule has 7 nitrogen and oxygen atoms in total. The van der Waals surface area contributed by atoms with Gasteiger partial charge in [0.2, 0.25) is 0 Å². The average Bonchev–Trinajstić information content (AvgIpc) is 3.04. The summed E-state index contributed by atoms with van der Waals surface area (Å²) in [5.74, 6) is 1.45. The van der Waals surface area contributed by atoms with E-state index in [9.17, 15) is 4.79 Å². The molecule has 0 bridgehead atoms. The summed E-state index contributed by atoms with van der Waals surface area (Å²) in [6.07, 6.45) is 6.80. The Hall–Kier alpha value is -2.41. The monoisotopic (exact) mass is 357 g/mol. The SMILES string of the molecule is C[C@H]1CCC[C@@H](OCc2cccc(NC(=O)NCc3nncn3C)c2)C1. The minimum Gasteiger partial charge on any atom is -0.374 e. The van der Waals surface area contributed by atoms with E-state index >= 15 is 0 Å². The molecule has 1 aromatic heterocycles. The fourth-order valence-corrected chi connectivity index (χ4v) is 3.28. The number of hydrogen-bond acceptors (Lipinski definition) is 4. The summed E-state index contributed by atoms with van der Waals surface area (Å²) in [6, 6.07) is 7.50. The first kappa shape index (κ1) is 18.4. The molecule has 0 saturated heterocycles. The zero-order valence-electron chi connectivity index (χ0n) is 15.4. The molecule has 26 heavy (non-hydrogen) atoms. The molecular weight excluding hydrogens is 330 g/mol. The van der Waals surface area contributed by atoms with E-state index in [-0.39, 0.29) is 6.03 Å². The van der Waals surface area contributed by atoms with Gasteiger partial charge in [0.1, 0.15) is 6.33 Å². The van der Waals surface area contributed by atoms with E-state index in [1.54, 1.807) is 10.9 Å². The highest BCUT2D eigenvalue weighted by Gasteiger charge is 2.19. The van der Waals surface area contributed by atoms with Crippen molar-refractivity contribution in [2.45, 2.75) is 51.9 Å². The molecule has 1 saturated carbocycles. The van der Waals surface area contributed by atoms with E-state index in [0.717, 1.165) is 30.0 Å². The van der Waals surface area contributed by atoms with Gasteiger partial charge in [0.25, 0.3) is 0 Å². The third kappa shape index (κ3) is 5.29. The van der Waals surface area contributed by atoms with Crippen LogP contribution in [0.3, 0.4) is 0 Å². The number of nitrogens with one attached hydrogen (secondary N) is 2. The van der Waals surface area contributed by atoms with Crippen molar-refractivity contribution in [1.29, 1.82) is 0 Å². The second-order valence-corrected chi connectivity index (χ2v) is 7.07. The van der Waals surface area contributed by atoms with Crippen molar-refractivity contribution >= 4 is 11.7 Å². The standard InChI is InChI=1S/C19H27N5O2/c1-14-5-3-8-17(9-14)26-12-15-6-4-7-16(10-15)22-19(25)20-11-18-23-21-13-24(18)2/h4,6-7,10,13-14,17H,3,5,8-9,11-12H2,1-2H3,(H2,20,22,25)/t14-,17+/m0/s1. The second kappa shape index (κ2) is 8.80. The molecule has 1 heterocycles. The first-order valence-corrected chi connectivity index (χ1v) is 9.18. The molecule has 1 fully saturated rings. The number of carbonyl (C=O) groups is 1. The maximum absolute atomic E-state index is 12.1. The predicted octanol–water partition coefficient (Wildman–Crippen LogP) is 3.23. The highest BCUT2D eigenvalue weighted by atomic mass is 16.5. The van der Waals surface area contributed by atoms with E-state index in [1.807, 2.05) is 31.3 Å². The zero-order valence-corrected chi connectivity index (χ0v) is 15.4. The predicted molar refractivity (Wildman–Crippen MR) is 99.5 cm³/mol. The number of nitrogens with zero attached hydrogens (tertiary/aromatic N) is 3. The number of ether oxygens (including phenoxy) is 1. The quantitative estimate of drug-likeness (QED) is 0.832. The Morgan fingerprint density at radius 1 is 1.38 bits per heavy atom. The number of aryl methyl sites for hydroxylation is 1. The van der Waals surface area contributed by atoms with Crippen LogP contribution in [0.1, 0.15) is 44.0 Å². The maximum Gasteiger partial charge on any atom is 0.319 e. The van der Waals surface area contributed by atoms with Gasteiger partial charge in [0, 0.05) is 12.7 Å². The van der Waals surface area contributed by atoms with Crippen LogP contribution in [-0.2, 0) is 24.9 Å². The Morgan fingerprint density at radius 3 is 3.04 bits per heavy atom. The molecular formula is C19H27N5O2. The first-order valence-electron chi connectivity index (χ1n) is 9.18. The number of hydrogen-bond donors (Lipinski definition) is 2. The lowest BCUT2D eigenvalue weighted by atomic mass is 9.89. The zero-order chi connectivity index (χ0) is 18.4. The van der Waals surface area contributed by atoms with Crippen LogP contribution in [0.2, 0.25) is 0 Å². The number of amides is 2. The summed E-state index contributed by atoms with van der Waals surface area (Å²) in [5, 5.41) is 13.3. The number of urea groups is 1. The van der Waals surface area contributed by atoms with Crippen LogP contribution >= 0.6 is 0 Å². The Bertz CT molecular complexity index is 730. The summed E-state index contributed by atoms with van der Waals surface area (Å²) in [7, 11) is 1.84. The molecule has 3 rings (SSSR count). The molecule has 0 aliphatic heterocycles. The van der Waals surface area contributed by atoms with Crippen molar-refractivity contribution < 1.29 is 9.53 Å². The van der Waals surface area contributed by atoms with Crippen LogP contribution < -0.4 is 10.6 Å². The summed E-state index contributed by atoms with van der Waals surface area (Å²) >= 11 is 0. The molecule has 2 N–H and O–H groups in total. The molecule has 1 aliphatic carbocycles. The van der Waals surface area contributed by atoms with Crippen LogP contribution in [0.15, 0.2) is 30.6 Å². The molecule has 0 spiro atoms. The van der Waals surface area contributed by atoms with Crippen molar-refractivity contribution in [1.82, 2.24) is 20.1 Å². The number of rotatable bonds is 6. The van der Waals surface area contributed by atoms with Crippen LogP contribution in [0.4, 0.5) is 10.5 Å². The second-order valence-electron chi connectivity index (χ2n) is 7.07. The van der Waals surface area contributed by atoms with E-state index in [0.29, 0.717) is 25.1 Å². The van der Waals surface area contributed by atoms with Gasteiger partial charge < -0.3 is 19.9 Å². The highest BCUT2D eigenvalue weighted by molar-refractivity contribution is 5.89. The Morgan fingerprint density at radius 2 is 2.27 bits per heavy atom. The van der Waals surface area contributed by atoms with Gasteiger partial charge in [-0.15, -0.1) is 10.2 Å². The van der Waals surface area contributed by atoms with Gasteiger partial charge in [-0.25, -0.2) is 4.79 Å².